The zero-order valence-electron chi connectivity index (χ0n) is 12.6. The first-order chi connectivity index (χ1) is 10.3. The van der Waals surface area contributed by atoms with Crippen LogP contribution in [0.2, 0.25) is 0 Å². The molecule has 1 fully saturated rings. The number of hydrogen-bond donors (Lipinski definition) is 2. The molecule has 0 spiro atoms. The molecule has 0 aromatic heterocycles. The molecule has 2 N–H and O–H groups in total. The molecule has 0 aliphatic carbocycles. The van der Waals surface area contributed by atoms with Crippen molar-refractivity contribution in [3.8, 4) is 0 Å². The molecule has 1 atom stereocenters. The molecule has 0 bridgehead atoms. The number of nitrogens with one attached hydrogen (secondary N) is 2. The molecular formula is C16H24FN3O. The molecule has 1 unspecified atom stereocenters. The normalized spacial score (nSPS) is 18.8. The van der Waals surface area contributed by atoms with Gasteiger partial charge in [-0.1, -0.05) is 12.1 Å². The Morgan fingerprint density at radius 3 is 2.95 bits per heavy atom. The lowest BCUT2D eigenvalue weighted by Gasteiger charge is -2.14. The van der Waals surface area contributed by atoms with Crippen molar-refractivity contribution in [1.29, 1.82) is 0 Å². The monoisotopic (exact) mass is 293 g/mol. The second-order valence-electron chi connectivity index (χ2n) is 5.23. The Bertz CT molecular complexity index is 459. The van der Waals surface area contributed by atoms with Crippen molar-refractivity contribution in [2.45, 2.75) is 31.8 Å². The van der Waals surface area contributed by atoms with E-state index in [1.165, 1.54) is 12.5 Å². The average Bonchev–Trinajstić information content (AvgIpc) is 2.99. The van der Waals surface area contributed by atoms with Crippen molar-refractivity contribution in [3.05, 3.63) is 35.6 Å². The lowest BCUT2D eigenvalue weighted by Crippen LogP contribution is -2.39. The van der Waals surface area contributed by atoms with E-state index in [0.29, 0.717) is 6.10 Å². The van der Waals surface area contributed by atoms with E-state index in [9.17, 15) is 4.39 Å². The predicted octanol–water partition coefficient (Wildman–Crippen LogP) is 2.10. The molecule has 2 rings (SSSR count). The van der Waals surface area contributed by atoms with Gasteiger partial charge in [0, 0.05) is 26.7 Å². The summed E-state index contributed by atoms with van der Waals surface area (Å²) >= 11 is 0. The van der Waals surface area contributed by atoms with Crippen LogP contribution in [0, 0.1) is 5.82 Å². The topological polar surface area (TPSA) is 45.7 Å². The Labute approximate surface area is 125 Å². The summed E-state index contributed by atoms with van der Waals surface area (Å²) in [5, 5.41) is 6.52. The summed E-state index contributed by atoms with van der Waals surface area (Å²) in [7, 11) is 1.75. The highest BCUT2D eigenvalue weighted by Gasteiger charge is 2.14. The number of halogens is 1. The van der Waals surface area contributed by atoms with E-state index < -0.39 is 0 Å². The van der Waals surface area contributed by atoms with Gasteiger partial charge in [-0.25, -0.2) is 4.39 Å². The van der Waals surface area contributed by atoms with Crippen molar-refractivity contribution in [3.63, 3.8) is 0 Å². The van der Waals surface area contributed by atoms with E-state index in [1.807, 2.05) is 6.07 Å². The minimum absolute atomic E-state index is 0.188. The third-order valence-electron chi connectivity index (χ3n) is 3.60. The van der Waals surface area contributed by atoms with Gasteiger partial charge in [-0.2, -0.15) is 0 Å². The molecule has 1 aliphatic rings. The molecule has 4 nitrogen and oxygen atoms in total. The van der Waals surface area contributed by atoms with Gasteiger partial charge in [0.25, 0.3) is 0 Å². The number of benzene rings is 1. The molecule has 1 heterocycles. The van der Waals surface area contributed by atoms with Crippen LogP contribution in [0.3, 0.4) is 0 Å². The number of aliphatic imine (C=N–C) groups is 1. The zero-order chi connectivity index (χ0) is 14.9. The fourth-order valence-electron chi connectivity index (χ4n) is 2.46. The van der Waals surface area contributed by atoms with Crippen LogP contribution < -0.4 is 10.6 Å². The summed E-state index contributed by atoms with van der Waals surface area (Å²) in [5.74, 6) is 0.593. The Balaban J connectivity index is 1.63. The highest BCUT2D eigenvalue weighted by Crippen LogP contribution is 2.14. The van der Waals surface area contributed by atoms with Crippen molar-refractivity contribution in [2.75, 3.05) is 26.7 Å². The summed E-state index contributed by atoms with van der Waals surface area (Å²) < 4.78 is 18.6. The van der Waals surface area contributed by atoms with Crippen LogP contribution in [0.1, 0.15) is 24.8 Å². The number of hydrogen-bond acceptors (Lipinski definition) is 2. The Morgan fingerprint density at radius 1 is 1.38 bits per heavy atom. The Morgan fingerprint density at radius 2 is 2.24 bits per heavy atom. The molecule has 0 radical (unpaired) electrons. The van der Waals surface area contributed by atoms with Gasteiger partial charge in [0.2, 0.25) is 0 Å². The number of ether oxygens (including phenoxy) is 1. The lowest BCUT2D eigenvalue weighted by atomic mass is 10.1. The molecule has 1 aromatic rings. The first-order valence-electron chi connectivity index (χ1n) is 7.58. The molecule has 1 aliphatic heterocycles. The highest BCUT2D eigenvalue weighted by atomic mass is 19.1. The van der Waals surface area contributed by atoms with Crippen molar-refractivity contribution in [2.24, 2.45) is 4.99 Å². The van der Waals surface area contributed by atoms with Gasteiger partial charge in [-0.05, 0) is 43.4 Å². The number of rotatable bonds is 6. The third-order valence-corrected chi connectivity index (χ3v) is 3.60. The van der Waals surface area contributed by atoms with Gasteiger partial charge >= 0.3 is 0 Å². The number of nitrogens with zero attached hydrogens (tertiary/aromatic N) is 1. The van der Waals surface area contributed by atoms with Crippen LogP contribution in [0.25, 0.3) is 0 Å². The molecule has 0 saturated carbocycles. The maximum atomic E-state index is 13.1. The lowest BCUT2D eigenvalue weighted by molar-refractivity contribution is 0.105. The quantitative estimate of drug-likeness (QED) is 0.624. The molecule has 5 heteroatoms. The minimum atomic E-state index is -0.188. The van der Waals surface area contributed by atoms with Crippen LogP contribution >= 0.6 is 0 Å². The largest absolute Gasteiger partial charge is 0.378 e. The summed E-state index contributed by atoms with van der Waals surface area (Å²) in [6.07, 6.45) is 4.50. The first kappa shape index (κ1) is 15.8. The smallest absolute Gasteiger partial charge is 0.190 e. The van der Waals surface area contributed by atoms with Gasteiger partial charge in [-0.3, -0.25) is 4.99 Å². The predicted molar refractivity (Wildman–Crippen MR) is 83.1 cm³/mol. The van der Waals surface area contributed by atoms with E-state index in [4.69, 9.17) is 4.74 Å². The minimum Gasteiger partial charge on any atom is -0.378 e. The van der Waals surface area contributed by atoms with Crippen LogP contribution in [-0.2, 0) is 11.2 Å². The van der Waals surface area contributed by atoms with Gasteiger partial charge in [0.05, 0.1) is 6.10 Å². The fourth-order valence-corrected chi connectivity index (χ4v) is 2.46. The van der Waals surface area contributed by atoms with Crippen molar-refractivity contribution in [1.82, 2.24) is 10.6 Å². The second-order valence-corrected chi connectivity index (χ2v) is 5.23. The first-order valence-corrected chi connectivity index (χ1v) is 7.58. The standard InChI is InChI=1S/C16H24FN3O/c1-18-16(20-10-8-15-6-3-11-21-15)19-9-7-13-4-2-5-14(17)12-13/h2,4-5,12,15H,3,6-11H2,1H3,(H2,18,19,20). The summed E-state index contributed by atoms with van der Waals surface area (Å²) in [6, 6.07) is 6.69. The van der Waals surface area contributed by atoms with Crippen LogP contribution in [0.15, 0.2) is 29.3 Å². The zero-order valence-corrected chi connectivity index (χ0v) is 12.6. The second kappa shape index (κ2) is 8.62. The Kier molecular flexibility index (Phi) is 6.47. The van der Waals surface area contributed by atoms with Crippen molar-refractivity contribution < 1.29 is 9.13 Å². The molecule has 116 valence electrons. The third kappa shape index (κ3) is 5.71. The SMILES string of the molecule is CN=C(NCCc1cccc(F)c1)NCCC1CCCO1. The van der Waals surface area contributed by atoms with Crippen molar-refractivity contribution >= 4 is 5.96 Å². The van der Waals surface area contributed by atoms with Gasteiger partial charge in [0.15, 0.2) is 5.96 Å². The molecule has 1 aromatic carbocycles. The van der Waals surface area contributed by atoms with Crippen LogP contribution in [-0.4, -0.2) is 38.8 Å². The van der Waals surface area contributed by atoms with E-state index >= 15 is 0 Å². The summed E-state index contributed by atoms with van der Waals surface area (Å²) in [4.78, 5) is 4.18. The molecule has 1 saturated heterocycles. The van der Waals surface area contributed by atoms with E-state index in [0.717, 1.165) is 50.5 Å². The van der Waals surface area contributed by atoms with Gasteiger partial charge < -0.3 is 15.4 Å². The summed E-state index contributed by atoms with van der Waals surface area (Å²) in [6.45, 7) is 2.47. The Hall–Kier alpha value is -1.62. The molecular weight excluding hydrogens is 269 g/mol. The molecule has 21 heavy (non-hydrogen) atoms. The van der Waals surface area contributed by atoms with E-state index in [2.05, 4.69) is 15.6 Å². The fraction of sp³-hybridized carbons (Fsp3) is 0.562. The number of guanidine groups is 1. The maximum Gasteiger partial charge on any atom is 0.190 e. The van der Waals surface area contributed by atoms with E-state index in [-0.39, 0.29) is 5.82 Å². The van der Waals surface area contributed by atoms with Crippen LogP contribution in [0.4, 0.5) is 4.39 Å². The van der Waals surface area contributed by atoms with Gasteiger partial charge in [0.1, 0.15) is 5.82 Å². The maximum absolute atomic E-state index is 13.1. The van der Waals surface area contributed by atoms with E-state index in [1.54, 1.807) is 19.2 Å². The van der Waals surface area contributed by atoms with Crippen LogP contribution in [0.5, 0.6) is 0 Å². The van der Waals surface area contributed by atoms with Gasteiger partial charge in [-0.15, -0.1) is 0 Å². The average molecular weight is 293 g/mol. The highest BCUT2D eigenvalue weighted by molar-refractivity contribution is 5.79. The summed E-state index contributed by atoms with van der Waals surface area (Å²) in [5.41, 5.74) is 0.984. The molecule has 0 amide bonds.